The first-order valence-electron chi connectivity index (χ1n) is 12.3. The Morgan fingerprint density at radius 3 is 2.55 bits per heavy atom. The Hall–Kier alpha value is -4.36. The Bertz CT molecular complexity index is 1530. The van der Waals surface area contributed by atoms with Crippen LogP contribution < -0.4 is 10.1 Å². The molecule has 3 aromatic carbocycles. The molecule has 0 saturated heterocycles. The van der Waals surface area contributed by atoms with E-state index < -0.39 is 57.4 Å². The topological polar surface area (TPSA) is 145 Å². The number of nitrogens with one attached hydrogen (secondary N) is 1. The molecule has 40 heavy (non-hydrogen) atoms. The third kappa shape index (κ3) is 6.43. The quantitative estimate of drug-likeness (QED) is 0.218. The zero-order valence-corrected chi connectivity index (χ0v) is 22.2. The fourth-order valence-electron chi connectivity index (χ4n) is 4.44. The lowest BCUT2D eigenvalue weighted by Gasteiger charge is -2.36. The normalized spacial score (nSPS) is 15.1. The van der Waals surface area contributed by atoms with Crippen LogP contribution in [0.4, 0.5) is 15.8 Å². The van der Waals surface area contributed by atoms with Crippen LogP contribution in [-0.4, -0.2) is 49.3 Å². The van der Waals surface area contributed by atoms with Crippen molar-refractivity contribution in [2.45, 2.75) is 30.7 Å². The van der Waals surface area contributed by atoms with Gasteiger partial charge in [-0.1, -0.05) is 24.3 Å². The van der Waals surface area contributed by atoms with Crippen LogP contribution in [0.25, 0.3) is 0 Å². The van der Waals surface area contributed by atoms with Crippen LogP contribution in [0.2, 0.25) is 0 Å². The van der Waals surface area contributed by atoms with Crippen molar-refractivity contribution in [3.05, 3.63) is 93.8 Å². The van der Waals surface area contributed by atoms with E-state index in [0.29, 0.717) is 18.6 Å². The van der Waals surface area contributed by atoms with Crippen LogP contribution in [0, 0.1) is 15.9 Å². The first kappa shape index (κ1) is 28.6. The van der Waals surface area contributed by atoms with Gasteiger partial charge in [0.25, 0.3) is 11.6 Å². The SMILES string of the molecule is CCOc1ccc(NC(=O)COC(=O)C[C@@H]2c3ccccc3CCN2S(=O)(=O)c2ccc(F)cc2)c([N+](=O)[O-])c1. The number of hydrogen-bond donors (Lipinski definition) is 1. The minimum atomic E-state index is -4.10. The van der Waals surface area contributed by atoms with E-state index in [1.807, 2.05) is 12.1 Å². The molecule has 4 rings (SSSR count). The third-order valence-electron chi connectivity index (χ3n) is 6.26. The molecule has 13 heteroatoms. The van der Waals surface area contributed by atoms with Crippen molar-refractivity contribution in [1.29, 1.82) is 0 Å². The number of benzene rings is 3. The first-order valence-corrected chi connectivity index (χ1v) is 13.8. The molecule has 0 aliphatic carbocycles. The molecule has 1 N–H and O–H groups in total. The number of hydrogen-bond acceptors (Lipinski definition) is 8. The van der Waals surface area contributed by atoms with Crippen LogP contribution >= 0.6 is 0 Å². The van der Waals surface area contributed by atoms with Crippen molar-refractivity contribution in [3.8, 4) is 5.75 Å². The molecule has 1 aliphatic heterocycles. The standard InChI is InChI=1S/C27H26FN3O8S/c1-2-38-20-9-12-23(25(15-20)31(34)35)29-26(32)17-39-27(33)16-24-22-6-4-3-5-18(22)13-14-30(24)40(36,37)21-10-7-19(28)8-11-21/h3-12,15,24H,2,13-14,16-17H2,1H3,(H,29,32)/t24-/m1/s1. The molecule has 1 amide bonds. The number of amides is 1. The molecular weight excluding hydrogens is 545 g/mol. The summed E-state index contributed by atoms with van der Waals surface area (Å²) in [5.74, 6) is -2.00. The largest absolute Gasteiger partial charge is 0.494 e. The van der Waals surface area contributed by atoms with E-state index in [1.54, 1.807) is 19.1 Å². The lowest BCUT2D eigenvalue weighted by Crippen LogP contribution is -2.41. The van der Waals surface area contributed by atoms with Crippen LogP contribution in [0.15, 0.2) is 71.6 Å². The predicted molar refractivity (Wildman–Crippen MR) is 142 cm³/mol. The van der Waals surface area contributed by atoms with Crippen LogP contribution in [0.5, 0.6) is 5.75 Å². The molecule has 210 valence electrons. The third-order valence-corrected chi connectivity index (χ3v) is 8.18. The minimum absolute atomic E-state index is 0.0799. The van der Waals surface area contributed by atoms with Gasteiger partial charge in [-0.2, -0.15) is 4.31 Å². The molecule has 0 radical (unpaired) electrons. The number of fused-ring (bicyclic) bond motifs is 1. The predicted octanol–water partition coefficient (Wildman–Crippen LogP) is 3.99. The summed E-state index contributed by atoms with van der Waals surface area (Å²) in [4.78, 5) is 35.9. The Labute approximate surface area is 229 Å². The van der Waals surface area contributed by atoms with Crippen molar-refractivity contribution in [2.24, 2.45) is 0 Å². The zero-order valence-electron chi connectivity index (χ0n) is 21.4. The molecular formula is C27H26FN3O8S. The summed E-state index contributed by atoms with van der Waals surface area (Å²) in [6.45, 7) is 1.35. The number of ether oxygens (including phenoxy) is 2. The van der Waals surface area contributed by atoms with Gasteiger partial charge < -0.3 is 14.8 Å². The van der Waals surface area contributed by atoms with Crippen molar-refractivity contribution < 1.29 is 36.8 Å². The summed E-state index contributed by atoms with van der Waals surface area (Å²) in [5.41, 5.74) is 0.982. The van der Waals surface area contributed by atoms with Crippen LogP contribution in [-0.2, 0) is 30.8 Å². The van der Waals surface area contributed by atoms with E-state index in [9.17, 15) is 32.5 Å². The van der Waals surface area contributed by atoms with E-state index in [0.717, 1.165) is 29.8 Å². The Morgan fingerprint density at radius 2 is 1.85 bits per heavy atom. The summed E-state index contributed by atoms with van der Waals surface area (Å²) in [6, 6.07) is 14.5. The molecule has 3 aromatic rings. The highest BCUT2D eigenvalue weighted by molar-refractivity contribution is 7.89. The highest BCUT2D eigenvalue weighted by atomic mass is 32.2. The maximum Gasteiger partial charge on any atom is 0.308 e. The summed E-state index contributed by atoms with van der Waals surface area (Å²) in [6.07, 6.45) is 0.0132. The number of carbonyl (C=O) groups is 2. The summed E-state index contributed by atoms with van der Waals surface area (Å²) in [7, 11) is -4.10. The average molecular weight is 572 g/mol. The molecule has 0 aromatic heterocycles. The number of nitro groups is 1. The second kappa shape index (κ2) is 12.2. The number of carbonyl (C=O) groups excluding carboxylic acids is 2. The summed E-state index contributed by atoms with van der Waals surface area (Å²) < 4.78 is 51.9. The summed E-state index contributed by atoms with van der Waals surface area (Å²) >= 11 is 0. The van der Waals surface area contributed by atoms with Gasteiger partial charge >= 0.3 is 5.97 Å². The van der Waals surface area contributed by atoms with Gasteiger partial charge in [0.2, 0.25) is 10.0 Å². The first-order chi connectivity index (χ1) is 19.1. The van der Waals surface area contributed by atoms with Gasteiger partial charge in [-0.3, -0.25) is 19.7 Å². The fraction of sp³-hybridized carbons (Fsp3) is 0.259. The number of nitrogens with zero attached hydrogens (tertiary/aromatic N) is 2. The van der Waals surface area contributed by atoms with E-state index >= 15 is 0 Å². The smallest absolute Gasteiger partial charge is 0.308 e. The average Bonchev–Trinajstić information content (AvgIpc) is 2.93. The lowest BCUT2D eigenvalue weighted by molar-refractivity contribution is -0.384. The van der Waals surface area contributed by atoms with Crippen molar-refractivity contribution in [3.63, 3.8) is 0 Å². The van der Waals surface area contributed by atoms with Gasteiger partial charge in [0.05, 0.1) is 35.0 Å². The minimum Gasteiger partial charge on any atom is -0.494 e. The van der Waals surface area contributed by atoms with E-state index in [4.69, 9.17) is 9.47 Å². The van der Waals surface area contributed by atoms with Gasteiger partial charge in [0, 0.05) is 6.54 Å². The van der Waals surface area contributed by atoms with Gasteiger partial charge in [-0.15, -0.1) is 0 Å². The molecule has 0 bridgehead atoms. The number of halogens is 1. The zero-order chi connectivity index (χ0) is 28.9. The van der Waals surface area contributed by atoms with Crippen LogP contribution in [0.1, 0.15) is 30.5 Å². The highest BCUT2D eigenvalue weighted by Crippen LogP contribution is 2.36. The van der Waals surface area contributed by atoms with E-state index in [-0.39, 0.29) is 22.9 Å². The number of esters is 1. The second-order valence-electron chi connectivity index (χ2n) is 8.82. The van der Waals surface area contributed by atoms with Crippen LogP contribution in [0.3, 0.4) is 0 Å². The molecule has 0 saturated carbocycles. The van der Waals surface area contributed by atoms with Crippen molar-refractivity contribution >= 4 is 33.3 Å². The van der Waals surface area contributed by atoms with Gasteiger partial charge in [0.1, 0.15) is 17.3 Å². The van der Waals surface area contributed by atoms with E-state index in [2.05, 4.69) is 5.32 Å². The van der Waals surface area contributed by atoms with E-state index in [1.165, 1.54) is 22.5 Å². The van der Waals surface area contributed by atoms with Gasteiger partial charge in [0.15, 0.2) is 6.61 Å². The fourth-order valence-corrected chi connectivity index (χ4v) is 6.05. The molecule has 11 nitrogen and oxygen atoms in total. The van der Waals surface area contributed by atoms with Crippen molar-refractivity contribution in [2.75, 3.05) is 25.1 Å². The maximum atomic E-state index is 13.4. The molecule has 0 unspecified atom stereocenters. The Kier molecular flexibility index (Phi) is 8.75. The maximum absolute atomic E-state index is 13.4. The molecule has 1 atom stereocenters. The van der Waals surface area contributed by atoms with Gasteiger partial charge in [-0.05, 0) is 60.9 Å². The molecule has 1 heterocycles. The monoisotopic (exact) mass is 571 g/mol. The van der Waals surface area contributed by atoms with Crippen molar-refractivity contribution in [1.82, 2.24) is 4.31 Å². The number of nitro benzene ring substituents is 1. The summed E-state index contributed by atoms with van der Waals surface area (Å²) in [5, 5.41) is 13.8. The number of rotatable bonds is 10. The number of anilines is 1. The molecule has 0 spiro atoms. The Morgan fingerprint density at radius 1 is 1.12 bits per heavy atom. The van der Waals surface area contributed by atoms with Gasteiger partial charge in [-0.25, -0.2) is 12.8 Å². The lowest BCUT2D eigenvalue weighted by atomic mass is 9.92. The molecule has 0 fully saturated rings. The highest BCUT2D eigenvalue weighted by Gasteiger charge is 2.38. The number of sulfonamides is 1. The second-order valence-corrected chi connectivity index (χ2v) is 10.7. The Balaban J connectivity index is 1.48. The molecule has 1 aliphatic rings.